The van der Waals surface area contributed by atoms with Gasteiger partial charge in [0.1, 0.15) is 5.58 Å². The van der Waals surface area contributed by atoms with Crippen LogP contribution < -0.4 is 5.32 Å². The van der Waals surface area contributed by atoms with Crippen molar-refractivity contribution in [1.29, 1.82) is 0 Å². The average molecular weight is 294 g/mol. The van der Waals surface area contributed by atoms with Gasteiger partial charge in [-0.2, -0.15) is 0 Å². The van der Waals surface area contributed by atoms with Crippen LogP contribution in [0.3, 0.4) is 0 Å². The summed E-state index contributed by atoms with van der Waals surface area (Å²) in [6.07, 6.45) is 5.62. The Hall–Kier alpha value is -0.800. The molecule has 0 spiro atoms. The van der Waals surface area contributed by atoms with Gasteiger partial charge in [-0.05, 0) is 71.9 Å². The molecule has 0 unspecified atom stereocenters. The van der Waals surface area contributed by atoms with E-state index in [1.165, 1.54) is 29.4 Å². The van der Waals surface area contributed by atoms with Gasteiger partial charge in [-0.15, -0.1) is 0 Å². The van der Waals surface area contributed by atoms with E-state index in [9.17, 15) is 0 Å². The molecule has 2 aromatic rings. The van der Waals surface area contributed by atoms with Gasteiger partial charge in [0.15, 0.2) is 0 Å². The molecular weight excluding hydrogens is 278 g/mol. The number of halogens is 1. The third-order valence-electron chi connectivity index (χ3n) is 3.26. The van der Waals surface area contributed by atoms with Gasteiger partial charge in [0, 0.05) is 11.4 Å². The highest BCUT2D eigenvalue weighted by atomic mass is 79.9. The van der Waals surface area contributed by atoms with Gasteiger partial charge in [0.05, 0.1) is 10.7 Å². The van der Waals surface area contributed by atoms with E-state index >= 15 is 0 Å². The molecule has 3 heteroatoms. The van der Waals surface area contributed by atoms with Gasteiger partial charge in [-0.3, -0.25) is 0 Å². The zero-order chi connectivity index (χ0) is 11.8. The summed E-state index contributed by atoms with van der Waals surface area (Å²) in [7, 11) is 0. The highest BCUT2D eigenvalue weighted by Gasteiger charge is 2.20. The summed E-state index contributed by atoms with van der Waals surface area (Å²) in [5.74, 6) is 0. The Bertz CT molecular complexity index is 542. The quantitative estimate of drug-likeness (QED) is 0.928. The van der Waals surface area contributed by atoms with Gasteiger partial charge >= 0.3 is 0 Å². The molecule has 0 aliphatic heterocycles. The zero-order valence-electron chi connectivity index (χ0n) is 9.92. The van der Waals surface area contributed by atoms with E-state index in [-0.39, 0.29) is 0 Å². The maximum Gasteiger partial charge on any atom is 0.148 e. The third-order valence-corrected chi connectivity index (χ3v) is 3.85. The summed E-state index contributed by atoms with van der Waals surface area (Å²) < 4.78 is 6.68. The molecule has 1 aliphatic carbocycles. The van der Waals surface area contributed by atoms with Gasteiger partial charge in [0.2, 0.25) is 0 Å². The second-order valence-electron chi connectivity index (χ2n) is 4.86. The number of hydrogen-bond acceptors (Lipinski definition) is 2. The van der Waals surface area contributed by atoms with Crippen LogP contribution in [0.25, 0.3) is 11.0 Å². The van der Waals surface area contributed by atoms with Crippen molar-refractivity contribution < 1.29 is 4.42 Å². The largest absolute Gasteiger partial charge is 0.463 e. The summed E-state index contributed by atoms with van der Waals surface area (Å²) >= 11 is 3.55. The first kappa shape index (κ1) is 11.3. The Morgan fingerprint density at radius 2 is 2.24 bits per heavy atom. The first-order valence-electron chi connectivity index (χ1n) is 6.13. The van der Waals surface area contributed by atoms with Crippen LogP contribution in [0, 0.1) is 6.92 Å². The summed E-state index contributed by atoms with van der Waals surface area (Å²) in [5.41, 5.74) is 3.54. The smallest absolute Gasteiger partial charge is 0.148 e. The van der Waals surface area contributed by atoms with E-state index in [0.717, 1.165) is 29.1 Å². The molecule has 0 radical (unpaired) electrons. The summed E-state index contributed by atoms with van der Waals surface area (Å²) in [6.45, 7) is 3.16. The van der Waals surface area contributed by atoms with Crippen LogP contribution in [0.5, 0.6) is 0 Å². The van der Waals surface area contributed by atoms with Crippen molar-refractivity contribution in [2.45, 2.75) is 32.2 Å². The van der Waals surface area contributed by atoms with Crippen molar-refractivity contribution in [2.75, 3.05) is 6.54 Å². The third kappa shape index (κ3) is 2.40. The summed E-state index contributed by atoms with van der Waals surface area (Å²) in [6, 6.07) is 5.08. The summed E-state index contributed by atoms with van der Waals surface area (Å²) in [5, 5.41) is 4.78. The molecule has 17 heavy (non-hydrogen) atoms. The number of nitrogens with one attached hydrogen (secondary N) is 1. The van der Waals surface area contributed by atoms with Crippen molar-refractivity contribution in [3.8, 4) is 0 Å². The lowest BCUT2D eigenvalue weighted by Gasteiger charge is -2.02. The molecule has 0 atom stereocenters. The second kappa shape index (κ2) is 4.46. The molecule has 1 aliphatic rings. The molecule has 90 valence electrons. The van der Waals surface area contributed by atoms with Gasteiger partial charge in [-0.1, -0.05) is 0 Å². The highest BCUT2D eigenvalue weighted by molar-refractivity contribution is 9.10. The molecule has 1 saturated carbocycles. The minimum absolute atomic E-state index is 0.779. The number of fused-ring (bicyclic) bond motifs is 1. The fourth-order valence-electron chi connectivity index (χ4n) is 2.17. The Morgan fingerprint density at radius 1 is 1.41 bits per heavy atom. The first-order valence-corrected chi connectivity index (χ1v) is 6.93. The lowest BCUT2D eigenvalue weighted by Crippen LogP contribution is -2.19. The predicted molar refractivity (Wildman–Crippen MR) is 73.4 cm³/mol. The monoisotopic (exact) mass is 293 g/mol. The normalized spacial score (nSPS) is 15.6. The van der Waals surface area contributed by atoms with Gasteiger partial charge in [-0.25, -0.2) is 0 Å². The van der Waals surface area contributed by atoms with Crippen molar-refractivity contribution in [3.63, 3.8) is 0 Å². The van der Waals surface area contributed by atoms with Crippen molar-refractivity contribution >= 4 is 26.9 Å². The number of aryl methyl sites for hydroxylation is 1. The molecule has 0 amide bonds. The SMILES string of the molecule is Cc1cc(Br)c2occ(CCNC3CC3)c2c1. The van der Waals surface area contributed by atoms with Crippen molar-refractivity contribution in [2.24, 2.45) is 0 Å². The number of hydrogen-bond donors (Lipinski definition) is 1. The fourth-order valence-corrected chi connectivity index (χ4v) is 2.84. The van der Waals surface area contributed by atoms with Crippen LogP contribution in [0.2, 0.25) is 0 Å². The molecule has 0 bridgehead atoms. The second-order valence-corrected chi connectivity index (χ2v) is 5.72. The summed E-state index contributed by atoms with van der Waals surface area (Å²) in [4.78, 5) is 0. The number of benzene rings is 1. The maximum atomic E-state index is 5.63. The average Bonchev–Trinajstić information content (AvgIpc) is 3.01. The van der Waals surface area contributed by atoms with E-state index in [1.54, 1.807) is 0 Å². The van der Waals surface area contributed by atoms with E-state index in [0.29, 0.717) is 0 Å². The lowest BCUT2D eigenvalue weighted by molar-refractivity contribution is 0.604. The molecule has 1 heterocycles. The Morgan fingerprint density at radius 3 is 3.00 bits per heavy atom. The highest BCUT2D eigenvalue weighted by Crippen LogP contribution is 2.30. The number of rotatable bonds is 4. The van der Waals surface area contributed by atoms with Crippen molar-refractivity contribution in [1.82, 2.24) is 5.32 Å². The molecule has 1 fully saturated rings. The standard InChI is InChI=1S/C14H16BrNO/c1-9-6-12-10(4-5-16-11-2-3-11)8-17-14(12)13(15)7-9/h6-8,11,16H,2-5H2,1H3. The minimum atomic E-state index is 0.779. The minimum Gasteiger partial charge on any atom is -0.463 e. The maximum absolute atomic E-state index is 5.63. The van der Waals surface area contributed by atoms with Gasteiger partial charge < -0.3 is 9.73 Å². The Balaban J connectivity index is 1.83. The molecule has 1 N–H and O–H groups in total. The van der Waals surface area contributed by atoms with E-state index in [1.807, 2.05) is 6.26 Å². The van der Waals surface area contributed by atoms with Crippen molar-refractivity contribution in [3.05, 3.63) is 34.0 Å². The first-order chi connectivity index (χ1) is 8.24. The Labute approximate surface area is 110 Å². The van der Waals surface area contributed by atoms with E-state index in [4.69, 9.17) is 4.42 Å². The molecule has 1 aromatic heterocycles. The van der Waals surface area contributed by atoms with Gasteiger partial charge in [0.25, 0.3) is 0 Å². The fraction of sp³-hybridized carbons (Fsp3) is 0.429. The van der Waals surface area contributed by atoms with Crippen LogP contribution in [-0.4, -0.2) is 12.6 Å². The number of furan rings is 1. The van der Waals surface area contributed by atoms with Crippen LogP contribution >= 0.6 is 15.9 Å². The molecule has 3 rings (SSSR count). The predicted octanol–water partition coefficient (Wildman–Crippen LogP) is 3.80. The van der Waals surface area contributed by atoms with E-state index < -0.39 is 0 Å². The van der Waals surface area contributed by atoms with Crippen LogP contribution in [0.1, 0.15) is 24.0 Å². The van der Waals surface area contributed by atoms with E-state index in [2.05, 4.69) is 40.3 Å². The van der Waals surface area contributed by atoms with Crippen LogP contribution in [-0.2, 0) is 6.42 Å². The Kier molecular flexibility index (Phi) is 2.97. The zero-order valence-corrected chi connectivity index (χ0v) is 11.5. The molecule has 0 saturated heterocycles. The van der Waals surface area contributed by atoms with Crippen LogP contribution in [0.15, 0.2) is 27.3 Å². The lowest BCUT2D eigenvalue weighted by atomic mass is 10.1. The topological polar surface area (TPSA) is 25.2 Å². The molecule has 2 nitrogen and oxygen atoms in total. The van der Waals surface area contributed by atoms with Crippen LogP contribution in [0.4, 0.5) is 0 Å². The molecular formula is C14H16BrNO. The molecule has 1 aromatic carbocycles.